The van der Waals surface area contributed by atoms with Gasteiger partial charge in [-0.25, -0.2) is 9.78 Å². The van der Waals surface area contributed by atoms with E-state index in [1.807, 2.05) is 25.1 Å². The molecule has 0 fully saturated rings. The summed E-state index contributed by atoms with van der Waals surface area (Å²) in [6.07, 6.45) is 0. The molecule has 1 heterocycles. The summed E-state index contributed by atoms with van der Waals surface area (Å²) in [5, 5.41) is 9.17. The maximum Gasteiger partial charge on any atom is 0.338 e. The number of aryl methyl sites for hydroxylation is 1. The number of rotatable bonds is 2. The Morgan fingerprint density at radius 3 is 2.85 bits per heavy atom. The van der Waals surface area contributed by atoms with Gasteiger partial charge in [-0.1, -0.05) is 17.7 Å². The number of aromatic nitrogens is 1. The molecular weight excluding hydrogens is 322 g/mol. The number of para-hydroxylation sites is 1. The lowest BCUT2D eigenvalue weighted by molar-refractivity contribution is 0.0699. The van der Waals surface area contributed by atoms with Gasteiger partial charge < -0.3 is 9.52 Å². The summed E-state index contributed by atoms with van der Waals surface area (Å²) < 4.78 is 6.53. The summed E-state index contributed by atoms with van der Waals surface area (Å²) in [5.74, 6) is -0.608. The molecule has 0 bridgehead atoms. The molecule has 0 atom stereocenters. The zero-order chi connectivity index (χ0) is 14.3. The number of carboxylic acid groups (broad SMARTS) is 1. The lowest BCUT2D eigenvalue weighted by Crippen LogP contribution is -1.96. The van der Waals surface area contributed by atoms with Crippen molar-refractivity contribution < 1.29 is 14.3 Å². The first-order chi connectivity index (χ1) is 9.56. The van der Waals surface area contributed by atoms with Gasteiger partial charge in [0.1, 0.15) is 5.52 Å². The number of hydrogen-bond donors (Lipinski definition) is 1. The molecule has 0 aliphatic rings. The minimum atomic E-state index is -1.02. The first kappa shape index (κ1) is 12.9. The van der Waals surface area contributed by atoms with Crippen LogP contribution in [0.15, 0.2) is 45.3 Å². The van der Waals surface area contributed by atoms with Gasteiger partial charge in [0.05, 0.1) is 11.1 Å². The SMILES string of the molecule is Cc1ccc(Br)c(-c2nc3c(C(=O)O)cccc3o2)c1. The fourth-order valence-electron chi connectivity index (χ4n) is 2.04. The van der Waals surface area contributed by atoms with Crippen molar-refractivity contribution in [1.82, 2.24) is 4.98 Å². The Morgan fingerprint density at radius 2 is 2.10 bits per heavy atom. The maximum absolute atomic E-state index is 11.2. The van der Waals surface area contributed by atoms with Gasteiger partial charge in [-0.05, 0) is 47.1 Å². The van der Waals surface area contributed by atoms with E-state index in [0.717, 1.165) is 15.6 Å². The molecule has 2 aromatic carbocycles. The van der Waals surface area contributed by atoms with Crippen LogP contribution in [0, 0.1) is 6.92 Å². The number of carbonyl (C=O) groups is 1. The fourth-order valence-corrected chi connectivity index (χ4v) is 2.46. The molecule has 0 amide bonds. The van der Waals surface area contributed by atoms with Gasteiger partial charge in [-0.3, -0.25) is 0 Å². The van der Waals surface area contributed by atoms with Crippen molar-refractivity contribution in [3.05, 3.63) is 52.0 Å². The number of oxazole rings is 1. The first-order valence-electron chi connectivity index (χ1n) is 5.95. The molecule has 0 saturated heterocycles. The van der Waals surface area contributed by atoms with Crippen molar-refractivity contribution in [1.29, 1.82) is 0 Å². The average Bonchev–Trinajstić information content (AvgIpc) is 2.84. The predicted octanol–water partition coefficient (Wildman–Crippen LogP) is 4.26. The molecule has 0 unspecified atom stereocenters. The highest BCUT2D eigenvalue weighted by molar-refractivity contribution is 9.10. The Bertz CT molecular complexity index is 823. The van der Waals surface area contributed by atoms with Crippen LogP contribution in [0.25, 0.3) is 22.6 Å². The maximum atomic E-state index is 11.2. The molecule has 20 heavy (non-hydrogen) atoms. The number of carboxylic acids is 1. The highest BCUT2D eigenvalue weighted by Gasteiger charge is 2.16. The summed E-state index contributed by atoms with van der Waals surface area (Å²) >= 11 is 3.46. The molecule has 4 nitrogen and oxygen atoms in total. The predicted molar refractivity (Wildman–Crippen MR) is 78.8 cm³/mol. The molecule has 0 aliphatic carbocycles. The Labute approximate surface area is 123 Å². The fraction of sp³-hybridized carbons (Fsp3) is 0.0667. The van der Waals surface area contributed by atoms with Gasteiger partial charge >= 0.3 is 5.97 Å². The van der Waals surface area contributed by atoms with Crippen molar-refractivity contribution >= 4 is 33.0 Å². The summed E-state index contributed by atoms with van der Waals surface area (Å²) in [6, 6.07) is 10.7. The molecule has 3 aromatic rings. The normalized spacial score (nSPS) is 10.9. The minimum Gasteiger partial charge on any atom is -0.478 e. The number of aromatic carboxylic acids is 1. The second-order valence-corrected chi connectivity index (χ2v) is 5.31. The van der Waals surface area contributed by atoms with Crippen molar-refractivity contribution in [3.8, 4) is 11.5 Å². The third-order valence-electron chi connectivity index (χ3n) is 3.00. The third-order valence-corrected chi connectivity index (χ3v) is 3.69. The molecule has 0 radical (unpaired) electrons. The number of fused-ring (bicyclic) bond motifs is 1. The van der Waals surface area contributed by atoms with Crippen molar-refractivity contribution in [3.63, 3.8) is 0 Å². The summed E-state index contributed by atoms with van der Waals surface area (Å²) in [7, 11) is 0. The number of hydrogen-bond acceptors (Lipinski definition) is 3. The Hall–Kier alpha value is -2.14. The topological polar surface area (TPSA) is 63.3 Å². The molecule has 5 heteroatoms. The van der Waals surface area contributed by atoms with E-state index in [-0.39, 0.29) is 5.56 Å². The van der Waals surface area contributed by atoms with Crippen molar-refractivity contribution in [2.75, 3.05) is 0 Å². The lowest BCUT2D eigenvalue weighted by atomic mass is 10.1. The Kier molecular flexibility index (Phi) is 3.06. The molecule has 0 aliphatic heterocycles. The van der Waals surface area contributed by atoms with E-state index < -0.39 is 5.97 Å². The molecule has 1 N–H and O–H groups in total. The van der Waals surface area contributed by atoms with Gasteiger partial charge in [0.25, 0.3) is 0 Å². The van der Waals surface area contributed by atoms with Crippen LogP contribution >= 0.6 is 15.9 Å². The van der Waals surface area contributed by atoms with Crippen LogP contribution in [-0.4, -0.2) is 16.1 Å². The van der Waals surface area contributed by atoms with Crippen LogP contribution in [0.2, 0.25) is 0 Å². The second kappa shape index (κ2) is 4.76. The summed E-state index contributed by atoms with van der Waals surface area (Å²) in [5.41, 5.74) is 2.85. The number of nitrogens with zero attached hydrogens (tertiary/aromatic N) is 1. The van der Waals surface area contributed by atoms with Crippen LogP contribution in [0.3, 0.4) is 0 Å². The molecule has 1 aromatic heterocycles. The Morgan fingerprint density at radius 1 is 1.30 bits per heavy atom. The average molecular weight is 332 g/mol. The van der Waals surface area contributed by atoms with Crippen LogP contribution < -0.4 is 0 Å². The van der Waals surface area contributed by atoms with Crippen molar-refractivity contribution in [2.45, 2.75) is 6.92 Å². The van der Waals surface area contributed by atoms with Gasteiger partial charge in [-0.15, -0.1) is 0 Å². The van der Waals surface area contributed by atoms with Crippen LogP contribution in [0.5, 0.6) is 0 Å². The highest BCUT2D eigenvalue weighted by Crippen LogP contribution is 2.31. The first-order valence-corrected chi connectivity index (χ1v) is 6.75. The van der Waals surface area contributed by atoms with E-state index in [2.05, 4.69) is 20.9 Å². The standard InChI is InChI=1S/C15H10BrNO3/c1-8-5-6-11(16)10(7-8)14-17-13-9(15(18)19)3-2-4-12(13)20-14/h2-7H,1H3,(H,18,19). The summed E-state index contributed by atoms with van der Waals surface area (Å²) in [4.78, 5) is 15.5. The van der Waals surface area contributed by atoms with Gasteiger partial charge in [0.2, 0.25) is 5.89 Å². The summed E-state index contributed by atoms with van der Waals surface area (Å²) in [6.45, 7) is 1.97. The van der Waals surface area contributed by atoms with E-state index in [4.69, 9.17) is 4.42 Å². The minimum absolute atomic E-state index is 0.140. The van der Waals surface area contributed by atoms with Gasteiger partial charge in [-0.2, -0.15) is 0 Å². The van der Waals surface area contributed by atoms with Crippen molar-refractivity contribution in [2.24, 2.45) is 0 Å². The molecule has 100 valence electrons. The monoisotopic (exact) mass is 331 g/mol. The zero-order valence-corrected chi connectivity index (χ0v) is 12.1. The molecule has 3 rings (SSSR count). The lowest BCUT2D eigenvalue weighted by Gasteiger charge is -2.00. The largest absolute Gasteiger partial charge is 0.478 e. The number of benzene rings is 2. The van der Waals surface area contributed by atoms with E-state index in [0.29, 0.717) is 17.0 Å². The van der Waals surface area contributed by atoms with Gasteiger partial charge in [0, 0.05) is 4.47 Å². The quantitative estimate of drug-likeness (QED) is 0.761. The highest BCUT2D eigenvalue weighted by atomic mass is 79.9. The van der Waals surface area contributed by atoms with Crippen LogP contribution in [-0.2, 0) is 0 Å². The van der Waals surface area contributed by atoms with E-state index >= 15 is 0 Å². The number of halogens is 1. The molecule has 0 saturated carbocycles. The van der Waals surface area contributed by atoms with E-state index in [9.17, 15) is 9.90 Å². The van der Waals surface area contributed by atoms with Crippen LogP contribution in [0.4, 0.5) is 0 Å². The molecular formula is C15H10BrNO3. The zero-order valence-electron chi connectivity index (χ0n) is 10.6. The smallest absolute Gasteiger partial charge is 0.338 e. The van der Waals surface area contributed by atoms with E-state index in [1.165, 1.54) is 6.07 Å². The second-order valence-electron chi connectivity index (χ2n) is 4.46. The van der Waals surface area contributed by atoms with Crippen LogP contribution in [0.1, 0.15) is 15.9 Å². The van der Waals surface area contributed by atoms with Gasteiger partial charge in [0.15, 0.2) is 5.58 Å². The molecule has 0 spiro atoms. The van der Waals surface area contributed by atoms with E-state index in [1.54, 1.807) is 12.1 Å². The third kappa shape index (κ3) is 2.10. The Balaban J connectivity index is 2.26.